The number of nitrogens with two attached hydrogens (primary N) is 1. The number of anilines is 1. The Bertz CT molecular complexity index is 800. The standard InChI is InChI=1S/C15H15F3N2O2S/c1-10-8-13(6-7-14(10)23(19,21)22)20-9-11-2-4-12(5-3-11)15(16,17)18/h2-8,20H,9H2,1H3,(H2,19,21,22). The molecule has 8 heteroatoms. The van der Waals surface area contributed by atoms with E-state index in [1.807, 2.05) is 0 Å². The Morgan fingerprint density at radius 1 is 1.09 bits per heavy atom. The lowest BCUT2D eigenvalue weighted by atomic mass is 10.1. The molecule has 4 nitrogen and oxygen atoms in total. The van der Waals surface area contributed by atoms with Gasteiger partial charge in [-0.25, -0.2) is 13.6 Å². The highest BCUT2D eigenvalue weighted by Crippen LogP contribution is 2.29. The van der Waals surface area contributed by atoms with E-state index >= 15 is 0 Å². The molecule has 0 saturated heterocycles. The number of hydrogen-bond acceptors (Lipinski definition) is 3. The Balaban J connectivity index is 2.08. The van der Waals surface area contributed by atoms with Crippen molar-refractivity contribution in [3.8, 4) is 0 Å². The molecule has 0 fully saturated rings. The van der Waals surface area contributed by atoms with Crippen molar-refractivity contribution in [1.29, 1.82) is 0 Å². The second-order valence-corrected chi connectivity index (χ2v) is 6.60. The van der Waals surface area contributed by atoms with Crippen LogP contribution in [0.25, 0.3) is 0 Å². The van der Waals surface area contributed by atoms with Crippen molar-refractivity contribution >= 4 is 15.7 Å². The Hall–Kier alpha value is -2.06. The monoisotopic (exact) mass is 344 g/mol. The normalized spacial score (nSPS) is 12.2. The zero-order valence-corrected chi connectivity index (χ0v) is 13.0. The van der Waals surface area contributed by atoms with Crippen LogP contribution in [-0.4, -0.2) is 8.42 Å². The molecule has 2 aromatic rings. The van der Waals surface area contributed by atoms with Crippen molar-refractivity contribution in [1.82, 2.24) is 0 Å². The molecule has 0 aliphatic heterocycles. The van der Waals surface area contributed by atoms with Gasteiger partial charge in [-0.05, 0) is 48.4 Å². The van der Waals surface area contributed by atoms with Gasteiger partial charge in [-0.1, -0.05) is 12.1 Å². The third-order valence-electron chi connectivity index (χ3n) is 3.26. The first-order valence-corrected chi connectivity index (χ1v) is 8.15. The Morgan fingerprint density at radius 2 is 1.70 bits per heavy atom. The van der Waals surface area contributed by atoms with Gasteiger partial charge in [0.05, 0.1) is 10.5 Å². The van der Waals surface area contributed by atoms with Gasteiger partial charge in [-0.15, -0.1) is 0 Å². The van der Waals surface area contributed by atoms with E-state index in [0.717, 1.165) is 12.1 Å². The smallest absolute Gasteiger partial charge is 0.381 e. The Morgan fingerprint density at radius 3 is 2.17 bits per heavy atom. The Labute approximate surface area is 132 Å². The minimum absolute atomic E-state index is 0.0394. The minimum atomic E-state index is -4.35. The van der Waals surface area contributed by atoms with E-state index in [2.05, 4.69) is 5.32 Å². The molecule has 0 aliphatic rings. The molecule has 0 radical (unpaired) electrons. The quantitative estimate of drug-likeness (QED) is 0.894. The number of aryl methyl sites for hydroxylation is 1. The molecular formula is C15H15F3N2O2S. The molecule has 0 spiro atoms. The third-order valence-corrected chi connectivity index (χ3v) is 4.33. The number of halogens is 3. The maximum Gasteiger partial charge on any atom is 0.416 e. The first-order valence-electron chi connectivity index (χ1n) is 6.61. The maximum absolute atomic E-state index is 12.5. The van der Waals surface area contributed by atoms with E-state index in [0.29, 0.717) is 23.4 Å². The van der Waals surface area contributed by atoms with Gasteiger partial charge in [-0.2, -0.15) is 13.2 Å². The van der Waals surface area contributed by atoms with Crippen molar-refractivity contribution in [2.45, 2.75) is 24.5 Å². The van der Waals surface area contributed by atoms with Crippen LogP contribution in [0.15, 0.2) is 47.4 Å². The molecular weight excluding hydrogens is 329 g/mol. The second kappa shape index (κ2) is 6.21. The van der Waals surface area contributed by atoms with Crippen LogP contribution in [0.5, 0.6) is 0 Å². The van der Waals surface area contributed by atoms with Crippen molar-refractivity contribution in [3.63, 3.8) is 0 Å². The lowest BCUT2D eigenvalue weighted by Gasteiger charge is -2.11. The van der Waals surface area contributed by atoms with Gasteiger partial charge in [0, 0.05) is 12.2 Å². The molecule has 3 N–H and O–H groups in total. The molecule has 0 amide bonds. The maximum atomic E-state index is 12.5. The molecule has 0 atom stereocenters. The summed E-state index contributed by atoms with van der Waals surface area (Å²) in [7, 11) is -3.77. The molecule has 0 bridgehead atoms. The largest absolute Gasteiger partial charge is 0.416 e. The van der Waals surface area contributed by atoms with Crippen LogP contribution in [0.1, 0.15) is 16.7 Å². The number of hydrogen-bond donors (Lipinski definition) is 2. The van der Waals surface area contributed by atoms with Crippen molar-refractivity contribution in [3.05, 3.63) is 59.2 Å². The predicted molar refractivity (Wildman–Crippen MR) is 81.3 cm³/mol. The van der Waals surface area contributed by atoms with Crippen molar-refractivity contribution < 1.29 is 21.6 Å². The summed E-state index contributed by atoms with van der Waals surface area (Å²) in [6.45, 7) is 1.93. The fraction of sp³-hybridized carbons (Fsp3) is 0.200. The highest BCUT2D eigenvalue weighted by Gasteiger charge is 2.29. The van der Waals surface area contributed by atoms with Crippen LogP contribution in [0.2, 0.25) is 0 Å². The SMILES string of the molecule is Cc1cc(NCc2ccc(C(F)(F)F)cc2)ccc1S(N)(=O)=O. The number of sulfonamides is 1. The van der Waals surface area contributed by atoms with Crippen LogP contribution in [0, 0.1) is 6.92 Å². The van der Waals surface area contributed by atoms with E-state index in [9.17, 15) is 21.6 Å². The lowest BCUT2D eigenvalue weighted by Crippen LogP contribution is -2.13. The van der Waals surface area contributed by atoms with Crippen LogP contribution in [0.3, 0.4) is 0 Å². The van der Waals surface area contributed by atoms with Crippen LogP contribution >= 0.6 is 0 Å². The summed E-state index contributed by atoms with van der Waals surface area (Å²) in [5, 5.41) is 8.10. The molecule has 23 heavy (non-hydrogen) atoms. The topological polar surface area (TPSA) is 72.2 Å². The van der Waals surface area contributed by atoms with Crippen LogP contribution < -0.4 is 10.5 Å². The molecule has 2 rings (SSSR count). The fourth-order valence-corrected chi connectivity index (χ4v) is 2.86. The Kier molecular flexibility index (Phi) is 4.67. The summed E-state index contributed by atoms with van der Waals surface area (Å²) in [6.07, 6.45) is -4.35. The molecule has 0 heterocycles. The summed E-state index contributed by atoms with van der Waals surface area (Å²) in [4.78, 5) is 0.0394. The van der Waals surface area contributed by atoms with Gasteiger partial charge in [0.25, 0.3) is 0 Å². The summed E-state index contributed by atoms with van der Waals surface area (Å²) < 4.78 is 60.1. The summed E-state index contributed by atoms with van der Waals surface area (Å²) in [5.41, 5.74) is 1.11. The van der Waals surface area contributed by atoms with Crippen molar-refractivity contribution in [2.24, 2.45) is 5.14 Å². The van der Waals surface area contributed by atoms with Gasteiger partial charge in [0.1, 0.15) is 0 Å². The highest BCUT2D eigenvalue weighted by molar-refractivity contribution is 7.89. The minimum Gasteiger partial charge on any atom is -0.381 e. The lowest BCUT2D eigenvalue weighted by molar-refractivity contribution is -0.137. The number of benzene rings is 2. The zero-order chi connectivity index (χ0) is 17.3. The number of rotatable bonds is 4. The van der Waals surface area contributed by atoms with Gasteiger partial charge in [0.2, 0.25) is 10.0 Å². The first-order chi connectivity index (χ1) is 10.6. The average Bonchev–Trinajstić information content (AvgIpc) is 2.43. The molecule has 2 aromatic carbocycles. The molecule has 0 saturated carbocycles. The van der Waals surface area contributed by atoms with E-state index in [1.165, 1.54) is 18.2 Å². The first kappa shape index (κ1) is 17.3. The fourth-order valence-electron chi connectivity index (χ4n) is 2.09. The molecule has 0 aliphatic carbocycles. The number of primary sulfonamides is 1. The highest BCUT2D eigenvalue weighted by atomic mass is 32.2. The van der Waals surface area contributed by atoms with Crippen molar-refractivity contribution in [2.75, 3.05) is 5.32 Å². The third kappa shape index (κ3) is 4.46. The van der Waals surface area contributed by atoms with E-state index in [1.54, 1.807) is 19.1 Å². The van der Waals surface area contributed by atoms with Gasteiger partial charge < -0.3 is 5.32 Å². The van der Waals surface area contributed by atoms with Gasteiger partial charge in [0.15, 0.2) is 0 Å². The predicted octanol–water partition coefficient (Wildman–Crippen LogP) is 3.27. The summed E-state index contributed by atoms with van der Waals surface area (Å²) in [5.74, 6) is 0. The van der Waals surface area contributed by atoms with Gasteiger partial charge in [-0.3, -0.25) is 0 Å². The summed E-state index contributed by atoms with van der Waals surface area (Å²) >= 11 is 0. The number of alkyl halides is 3. The average molecular weight is 344 g/mol. The van der Waals surface area contributed by atoms with Crippen LogP contribution in [0.4, 0.5) is 18.9 Å². The molecule has 124 valence electrons. The number of nitrogens with one attached hydrogen (secondary N) is 1. The second-order valence-electron chi connectivity index (χ2n) is 5.07. The molecule has 0 aromatic heterocycles. The van der Waals surface area contributed by atoms with Crippen LogP contribution in [-0.2, 0) is 22.7 Å². The van der Waals surface area contributed by atoms with Gasteiger partial charge >= 0.3 is 6.18 Å². The van der Waals surface area contributed by atoms with E-state index < -0.39 is 21.8 Å². The van der Waals surface area contributed by atoms with E-state index in [-0.39, 0.29) is 4.90 Å². The summed E-state index contributed by atoms with van der Waals surface area (Å²) in [6, 6.07) is 9.38. The van der Waals surface area contributed by atoms with E-state index in [4.69, 9.17) is 5.14 Å². The molecule has 0 unspecified atom stereocenters. The zero-order valence-electron chi connectivity index (χ0n) is 12.2.